The van der Waals surface area contributed by atoms with Crippen molar-refractivity contribution < 1.29 is 9.26 Å². The number of guanidine groups is 1. The molecule has 2 N–H and O–H groups in total. The van der Waals surface area contributed by atoms with Crippen LogP contribution in [0.25, 0.3) is 0 Å². The summed E-state index contributed by atoms with van der Waals surface area (Å²) in [4.78, 5) is 6.84. The molecule has 7 heteroatoms. The first-order chi connectivity index (χ1) is 15.5. The van der Waals surface area contributed by atoms with Gasteiger partial charge in [-0.3, -0.25) is 9.89 Å². The molecule has 0 aliphatic carbocycles. The van der Waals surface area contributed by atoms with Gasteiger partial charge in [0.1, 0.15) is 0 Å². The molecule has 0 saturated carbocycles. The number of benzene rings is 1. The number of nitrogens with zero attached hydrogens (tertiary/aromatic N) is 3. The minimum atomic E-state index is 0.272. The van der Waals surface area contributed by atoms with Crippen molar-refractivity contribution in [3.8, 4) is 0 Å². The number of ether oxygens (including phenoxy) is 1. The van der Waals surface area contributed by atoms with E-state index in [0.717, 1.165) is 49.9 Å². The largest absolute Gasteiger partial charge is 0.373 e. The average Bonchev–Trinajstić information content (AvgIpc) is 3.24. The maximum absolute atomic E-state index is 5.88. The molecule has 1 aliphatic heterocycles. The summed E-state index contributed by atoms with van der Waals surface area (Å²) in [6.45, 7) is 12.8. The van der Waals surface area contributed by atoms with Crippen molar-refractivity contribution in [3.05, 3.63) is 52.9 Å². The van der Waals surface area contributed by atoms with E-state index in [9.17, 15) is 0 Å². The molecule has 1 saturated heterocycles. The second-order valence-electron chi connectivity index (χ2n) is 8.73. The highest BCUT2D eigenvalue weighted by atomic mass is 16.5. The van der Waals surface area contributed by atoms with Gasteiger partial charge in [0.2, 0.25) is 0 Å². The van der Waals surface area contributed by atoms with Gasteiger partial charge in [-0.25, -0.2) is 0 Å². The van der Waals surface area contributed by atoms with Crippen LogP contribution in [0.3, 0.4) is 0 Å². The molecule has 1 aromatic carbocycles. The van der Waals surface area contributed by atoms with E-state index in [1.165, 1.54) is 11.1 Å². The maximum atomic E-state index is 5.88. The Morgan fingerprint density at radius 1 is 1.09 bits per heavy atom. The van der Waals surface area contributed by atoms with Crippen molar-refractivity contribution >= 4 is 5.96 Å². The third kappa shape index (κ3) is 6.81. The van der Waals surface area contributed by atoms with Gasteiger partial charge in [-0.15, -0.1) is 0 Å². The summed E-state index contributed by atoms with van der Waals surface area (Å²) in [5.41, 5.74) is 3.65. The molecule has 3 rings (SSSR count). The fourth-order valence-electron chi connectivity index (χ4n) is 4.42. The smallest absolute Gasteiger partial charge is 0.191 e. The molecule has 0 spiro atoms. The van der Waals surface area contributed by atoms with Crippen LogP contribution in [0.1, 0.15) is 69.0 Å². The quantitative estimate of drug-likeness (QED) is 0.452. The van der Waals surface area contributed by atoms with Gasteiger partial charge in [-0.05, 0) is 37.8 Å². The molecular formula is C25H39N5O2. The van der Waals surface area contributed by atoms with Gasteiger partial charge in [-0.1, -0.05) is 43.3 Å². The van der Waals surface area contributed by atoms with Gasteiger partial charge in [-0.2, -0.15) is 0 Å². The van der Waals surface area contributed by atoms with Crippen LogP contribution in [0, 0.1) is 0 Å². The van der Waals surface area contributed by atoms with Crippen molar-refractivity contribution in [1.82, 2.24) is 20.7 Å². The van der Waals surface area contributed by atoms with Gasteiger partial charge < -0.3 is 19.9 Å². The second kappa shape index (κ2) is 12.0. The van der Waals surface area contributed by atoms with Crippen molar-refractivity contribution in [3.63, 3.8) is 0 Å². The molecule has 0 bridgehead atoms. The van der Waals surface area contributed by atoms with Crippen molar-refractivity contribution in [2.24, 2.45) is 4.99 Å². The van der Waals surface area contributed by atoms with Gasteiger partial charge in [0.25, 0.3) is 0 Å². The Hall–Kier alpha value is -2.38. The molecule has 2 unspecified atom stereocenters. The molecule has 1 aliphatic rings. The van der Waals surface area contributed by atoms with Crippen LogP contribution in [0.15, 0.2) is 39.8 Å². The predicted octanol–water partition coefficient (Wildman–Crippen LogP) is 4.05. The fourth-order valence-corrected chi connectivity index (χ4v) is 4.42. The van der Waals surface area contributed by atoms with E-state index in [0.29, 0.717) is 19.0 Å². The molecular weight excluding hydrogens is 402 g/mol. The van der Waals surface area contributed by atoms with E-state index in [-0.39, 0.29) is 12.2 Å². The molecule has 0 radical (unpaired) electrons. The normalized spacial score (nSPS) is 20.0. The minimum absolute atomic E-state index is 0.272. The highest BCUT2D eigenvalue weighted by molar-refractivity contribution is 5.79. The van der Waals surface area contributed by atoms with E-state index in [4.69, 9.17) is 9.26 Å². The first kappa shape index (κ1) is 24.3. The number of aromatic nitrogens is 1. The van der Waals surface area contributed by atoms with E-state index in [1.54, 1.807) is 7.05 Å². The first-order valence-corrected chi connectivity index (χ1v) is 11.9. The van der Waals surface area contributed by atoms with Crippen molar-refractivity contribution in [1.29, 1.82) is 0 Å². The molecule has 7 nitrogen and oxygen atoms in total. The van der Waals surface area contributed by atoms with E-state index >= 15 is 0 Å². The minimum Gasteiger partial charge on any atom is -0.373 e. The van der Waals surface area contributed by atoms with Gasteiger partial charge >= 0.3 is 0 Å². The summed E-state index contributed by atoms with van der Waals surface area (Å²) in [6.07, 6.45) is 2.68. The number of nitrogens with one attached hydrogen (secondary N) is 2. The van der Waals surface area contributed by atoms with Crippen LogP contribution in [-0.4, -0.2) is 48.4 Å². The second-order valence-corrected chi connectivity index (χ2v) is 8.73. The monoisotopic (exact) mass is 441 g/mol. The number of hydrogen-bond acceptors (Lipinski definition) is 5. The predicted molar refractivity (Wildman–Crippen MR) is 129 cm³/mol. The highest BCUT2D eigenvalue weighted by Gasteiger charge is 2.22. The molecule has 2 heterocycles. The number of rotatable bonds is 9. The van der Waals surface area contributed by atoms with Gasteiger partial charge in [0, 0.05) is 45.2 Å². The average molecular weight is 442 g/mol. The Bertz CT molecular complexity index is 852. The van der Waals surface area contributed by atoms with Crippen LogP contribution in [-0.2, 0) is 24.4 Å². The zero-order valence-corrected chi connectivity index (χ0v) is 20.2. The lowest BCUT2D eigenvalue weighted by Gasteiger charge is -2.35. The van der Waals surface area contributed by atoms with Crippen LogP contribution in [0.5, 0.6) is 0 Å². The third-order valence-electron chi connectivity index (χ3n) is 6.09. The van der Waals surface area contributed by atoms with Gasteiger partial charge in [0.05, 0.1) is 24.4 Å². The van der Waals surface area contributed by atoms with Crippen LogP contribution in [0.4, 0.5) is 0 Å². The Labute approximate surface area is 192 Å². The molecule has 1 aromatic heterocycles. The highest BCUT2D eigenvalue weighted by Crippen LogP contribution is 2.22. The molecule has 32 heavy (non-hydrogen) atoms. The number of hydrogen-bond donors (Lipinski definition) is 2. The van der Waals surface area contributed by atoms with Crippen LogP contribution in [0.2, 0.25) is 0 Å². The molecule has 2 atom stereocenters. The fraction of sp³-hybridized carbons (Fsp3) is 0.600. The summed E-state index contributed by atoms with van der Waals surface area (Å²) in [5, 5.41) is 11.0. The molecule has 1 fully saturated rings. The Morgan fingerprint density at radius 3 is 2.41 bits per heavy atom. The van der Waals surface area contributed by atoms with E-state index in [1.807, 2.05) is 0 Å². The maximum Gasteiger partial charge on any atom is 0.191 e. The van der Waals surface area contributed by atoms with Crippen molar-refractivity contribution in [2.45, 2.75) is 78.3 Å². The van der Waals surface area contributed by atoms with Crippen molar-refractivity contribution in [2.75, 3.05) is 20.1 Å². The van der Waals surface area contributed by atoms with Gasteiger partial charge in [0.15, 0.2) is 11.7 Å². The van der Waals surface area contributed by atoms with Crippen LogP contribution < -0.4 is 10.6 Å². The summed E-state index contributed by atoms with van der Waals surface area (Å²) >= 11 is 0. The third-order valence-corrected chi connectivity index (χ3v) is 6.09. The summed E-state index contributed by atoms with van der Waals surface area (Å²) in [7, 11) is 1.79. The lowest BCUT2D eigenvalue weighted by molar-refractivity contribution is -0.0705. The van der Waals surface area contributed by atoms with E-state index in [2.05, 4.69) is 83.7 Å². The molecule has 2 aromatic rings. The zero-order chi connectivity index (χ0) is 22.9. The van der Waals surface area contributed by atoms with Crippen LogP contribution >= 0.6 is 0 Å². The first-order valence-electron chi connectivity index (χ1n) is 11.9. The number of aliphatic imine (C=N–C) groups is 1. The Balaban J connectivity index is 1.54. The number of morpholine rings is 1. The standard InChI is InChI=1S/C25H39N5O2/c1-6-20(7-2)24-12-23(32-29-24)14-28-25(26-5)27-13-21-10-8-9-11-22(21)17-30-15-18(3)31-19(4)16-30/h8-12,18-20H,6-7,13-17H2,1-5H3,(H2,26,27,28). The summed E-state index contributed by atoms with van der Waals surface area (Å²) in [5.74, 6) is 2.03. The Morgan fingerprint density at radius 2 is 1.75 bits per heavy atom. The lowest BCUT2D eigenvalue weighted by atomic mass is 9.99. The Kier molecular flexibility index (Phi) is 9.11. The zero-order valence-electron chi connectivity index (χ0n) is 20.2. The van der Waals surface area contributed by atoms with E-state index < -0.39 is 0 Å². The summed E-state index contributed by atoms with van der Waals surface area (Å²) in [6, 6.07) is 10.7. The topological polar surface area (TPSA) is 74.9 Å². The summed E-state index contributed by atoms with van der Waals surface area (Å²) < 4.78 is 11.4. The lowest BCUT2D eigenvalue weighted by Crippen LogP contribution is -2.45. The SMILES string of the molecule is CCC(CC)c1cc(CNC(=NC)NCc2ccccc2CN2CC(C)OC(C)C2)on1. The molecule has 0 amide bonds. The molecule has 176 valence electrons.